The van der Waals surface area contributed by atoms with Gasteiger partial charge in [0.2, 0.25) is 0 Å². The highest BCUT2D eigenvalue weighted by Gasteiger charge is 2.19. The zero-order valence-corrected chi connectivity index (χ0v) is 9.72. The SMILES string of the molecule is COc1cc(OCC2CCC2)cc([N+](=O)[O-])c1. The number of nitrogens with zero attached hydrogens (tertiary/aromatic N) is 1. The van der Waals surface area contributed by atoms with Crippen LogP contribution in [0.3, 0.4) is 0 Å². The molecule has 92 valence electrons. The number of hydrogen-bond donors (Lipinski definition) is 0. The lowest BCUT2D eigenvalue weighted by Crippen LogP contribution is -2.19. The molecule has 0 amide bonds. The van der Waals surface area contributed by atoms with E-state index in [0.29, 0.717) is 24.0 Å². The minimum atomic E-state index is -0.446. The third kappa shape index (κ3) is 2.87. The number of ether oxygens (including phenoxy) is 2. The van der Waals surface area contributed by atoms with Gasteiger partial charge in [-0.1, -0.05) is 6.42 Å². The lowest BCUT2D eigenvalue weighted by atomic mass is 9.86. The number of benzene rings is 1. The number of non-ortho nitro benzene ring substituents is 1. The van der Waals surface area contributed by atoms with Crippen molar-refractivity contribution in [3.8, 4) is 11.5 Å². The zero-order valence-electron chi connectivity index (χ0n) is 9.72. The summed E-state index contributed by atoms with van der Waals surface area (Å²) in [5, 5.41) is 10.7. The van der Waals surface area contributed by atoms with Gasteiger partial charge in [-0.2, -0.15) is 0 Å². The number of hydrogen-bond acceptors (Lipinski definition) is 4. The Bertz CT molecular complexity index is 415. The molecule has 1 saturated carbocycles. The van der Waals surface area contributed by atoms with Crippen LogP contribution in [0.25, 0.3) is 0 Å². The minimum absolute atomic E-state index is 0.00652. The van der Waals surface area contributed by atoms with E-state index in [1.54, 1.807) is 6.07 Å². The van der Waals surface area contributed by atoms with Crippen molar-refractivity contribution in [2.24, 2.45) is 5.92 Å². The minimum Gasteiger partial charge on any atom is -0.496 e. The van der Waals surface area contributed by atoms with Crippen LogP contribution in [-0.2, 0) is 0 Å². The fraction of sp³-hybridized carbons (Fsp3) is 0.500. The molecule has 0 unspecified atom stereocenters. The van der Waals surface area contributed by atoms with Crippen LogP contribution in [0.4, 0.5) is 5.69 Å². The molecular weight excluding hydrogens is 222 g/mol. The molecule has 5 nitrogen and oxygen atoms in total. The maximum atomic E-state index is 10.7. The molecule has 0 spiro atoms. The molecule has 0 saturated heterocycles. The van der Waals surface area contributed by atoms with Gasteiger partial charge in [0.1, 0.15) is 11.5 Å². The van der Waals surface area contributed by atoms with Crippen molar-refractivity contribution in [3.05, 3.63) is 28.3 Å². The second kappa shape index (κ2) is 5.03. The van der Waals surface area contributed by atoms with Gasteiger partial charge in [-0.3, -0.25) is 10.1 Å². The molecule has 0 N–H and O–H groups in total. The van der Waals surface area contributed by atoms with Crippen molar-refractivity contribution < 1.29 is 14.4 Å². The van der Waals surface area contributed by atoms with E-state index in [2.05, 4.69) is 0 Å². The van der Waals surface area contributed by atoms with E-state index in [-0.39, 0.29) is 5.69 Å². The topological polar surface area (TPSA) is 61.6 Å². The molecule has 17 heavy (non-hydrogen) atoms. The van der Waals surface area contributed by atoms with Gasteiger partial charge in [0.15, 0.2) is 0 Å². The Balaban J connectivity index is 2.08. The van der Waals surface area contributed by atoms with Crippen molar-refractivity contribution in [1.29, 1.82) is 0 Å². The summed E-state index contributed by atoms with van der Waals surface area (Å²) in [4.78, 5) is 10.3. The van der Waals surface area contributed by atoms with E-state index < -0.39 is 4.92 Å². The van der Waals surface area contributed by atoms with Gasteiger partial charge < -0.3 is 9.47 Å². The number of nitro groups is 1. The Kier molecular flexibility index (Phi) is 3.46. The maximum absolute atomic E-state index is 10.7. The second-order valence-electron chi connectivity index (χ2n) is 4.23. The Morgan fingerprint density at radius 1 is 1.35 bits per heavy atom. The van der Waals surface area contributed by atoms with Crippen LogP contribution < -0.4 is 9.47 Å². The lowest BCUT2D eigenvalue weighted by Gasteiger charge is -2.25. The number of methoxy groups -OCH3 is 1. The summed E-state index contributed by atoms with van der Waals surface area (Å²) in [7, 11) is 1.48. The summed E-state index contributed by atoms with van der Waals surface area (Å²) in [5.41, 5.74) is -0.00652. The summed E-state index contributed by atoms with van der Waals surface area (Å²) in [6, 6.07) is 4.49. The summed E-state index contributed by atoms with van der Waals surface area (Å²) < 4.78 is 10.6. The van der Waals surface area contributed by atoms with Gasteiger partial charge in [-0.05, 0) is 18.8 Å². The molecule has 0 radical (unpaired) electrons. The normalized spacial score (nSPS) is 15.1. The quantitative estimate of drug-likeness (QED) is 0.583. The van der Waals surface area contributed by atoms with Crippen LogP contribution in [-0.4, -0.2) is 18.6 Å². The van der Waals surface area contributed by atoms with E-state index in [0.717, 1.165) is 0 Å². The third-order valence-electron chi connectivity index (χ3n) is 3.02. The standard InChI is InChI=1S/C12H15NO4/c1-16-11-5-10(13(14)15)6-12(7-11)17-8-9-3-2-4-9/h5-7,9H,2-4,8H2,1H3. The molecule has 1 aromatic carbocycles. The van der Waals surface area contributed by atoms with Crippen molar-refractivity contribution >= 4 is 5.69 Å². The monoisotopic (exact) mass is 237 g/mol. The molecule has 0 aromatic heterocycles. The van der Waals surface area contributed by atoms with Crippen LogP contribution in [0.1, 0.15) is 19.3 Å². The lowest BCUT2D eigenvalue weighted by molar-refractivity contribution is -0.385. The smallest absolute Gasteiger partial charge is 0.276 e. The first kappa shape index (κ1) is 11.7. The molecule has 1 fully saturated rings. The molecule has 0 atom stereocenters. The first-order valence-electron chi connectivity index (χ1n) is 5.65. The molecule has 1 aliphatic carbocycles. The van der Waals surface area contributed by atoms with Crippen molar-refractivity contribution in [2.75, 3.05) is 13.7 Å². The molecule has 1 aromatic rings. The molecule has 2 rings (SSSR count). The average Bonchev–Trinajstić information content (AvgIpc) is 2.26. The Morgan fingerprint density at radius 2 is 2.06 bits per heavy atom. The number of rotatable bonds is 5. The predicted molar refractivity (Wildman–Crippen MR) is 62.5 cm³/mol. The van der Waals surface area contributed by atoms with E-state index in [1.807, 2.05) is 0 Å². The summed E-state index contributed by atoms with van der Waals surface area (Å²) in [6.45, 7) is 0.629. The molecule has 0 bridgehead atoms. The van der Waals surface area contributed by atoms with Gasteiger partial charge in [0, 0.05) is 6.07 Å². The molecule has 1 aliphatic rings. The maximum Gasteiger partial charge on any atom is 0.276 e. The second-order valence-corrected chi connectivity index (χ2v) is 4.23. The molecule has 0 aliphatic heterocycles. The molecule has 0 heterocycles. The largest absolute Gasteiger partial charge is 0.496 e. The Hall–Kier alpha value is -1.78. The fourth-order valence-corrected chi connectivity index (χ4v) is 1.74. The van der Waals surface area contributed by atoms with E-state index in [1.165, 1.54) is 38.5 Å². The van der Waals surface area contributed by atoms with Crippen LogP contribution >= 0.6 is 0 Å². The highest BCUT2D eigenvalue weighted by Crippen LogP contribution is 2.30. The summed E-state index contributed by atoms with van der Waals surface area (Å²) in [6.07, 6.45) is 3.63. The van der Waals surface area contributed by atoms with Gasteiger partial charge in [0.25, 0.3) is 5.69 Å². The molecule has 5 heteroatoms. The highest BCUT2D eigenvalue weighted by molar-refractivity contribution is 5.46. The predicted octanol–water partition coefficient (Wildman–Crippen LogP) is 2.78. The van der Waals surface area contributed by atoms with E-state index in [4.69, 9.17) is 9.47 Å². The van der Waals surface area contributed by atoms with Crippen molar-refractivity contribution in [3.63, 3.8) is 0 Å². The van der Waals surface area contributed by atoms with E-state index >= 15 is 0 Å². The van der Waals surface area contributed by atoms with Crippen LogP contribution in [0.15, 0.2) is 18.2 Å². The summed E-state index contributed by atoms with van der Waals surface area (Å²) >= 11 is 0. The van der Waals surface area contributed by atoms with E-state index in [9.17, 15) is 10.1 Å². The fourth-order valence-electron chi connectivity index (χ4n) is 1.74. The van der Waals surface area contributed by atoms with Crippen LogP contribution in [0.5, 0.6) is 11.5 Å². The van der Waals surface area contributed by atoms with Gasteiger partial charge in [-0.15, -0.1) is 0 Å². The van der Waals surface area contributed by atoms with Crippen LogP contribution in [0, 0.1) is 16.0 Å². The van der Waals surface area contributed by atoms with Gasteiger partial charge >= 0.3 is 0 Å². The Morgan fingerprint density at radius 3 is 2.59 bits per heavy atom. The average molecular weight is 237 g/mol. The Labute approximate surface area is 99.5 Å². The highest BCUT2D eigenvalue weighted by atomic mass is 16.6. The summed E-state index contributed by atoms with van der Waals surface area (Å²) in [5.74, 6) is 1.55. The third-order valence-corrected chi connectivity index (χ3v) is 3.02. The molecular formula is C12H15NO4. The first-order valence-corrected chi connectivity index (χ1v) is 5.65. The van der Waals surface area contributed by atoms with Crippen LogP contribution in [0.2, 0.25) is 0 Å². The zero-order chi connectivity index (χ0) is 12.3. The number of nitro benzene ring substituents is 1. The van der Waals surface area contributed by atoms with Gasteiger partial charge in [-0.25, -0.2) is 0 Å². The van der Waals surface area contributed by atoms with Gasteiger partial charge in [0.05, 0.1) is 30.8 Å². The first-order chi connectivity index (χ1) is 8.19. The van der Waals surface area contributed by atoms with Crippen molar-refractivity contribution in [1.82, 2.24) is 0 Å². The van der Waals surface area contributed by atoms with Crippen molar-refractivity contribution in [2.45, 2.75) is 19.3 Å².